The van der Waals surface area contributed by atoms with Crippen molar-refractivity contribution in [3.63, 3.8) is 0 Å². The molecule has 37 heavy (non-hydrogen) atoms. The van der Waals surface area contributed by atoms with E-state index in [2.05, 4.69) is 5.32 Å². The number of benzene rings is 3. The van der Waals surface area contributed by atoms with E-state index in [1.807, 2.05) is 37.3 Å². The van der Waals surface area contributed by atoms with E-state index in [1.165, 1.54) is 17.0 Å². The maximum atomic E-state index is 13.7. The van der Waals surface area contributed by atoms with Crippen LogP contribution in [0.1, 0.15) is 25.8 Å². The first-order valence-electron chi connectivity index (χ1n) is 12.2. The van der Waals surface area contributed by atoms with Gasteiger partial charge in [0.2, 0.25) is 11.8 Å². The number of hydrogen-bond donors (Lipinski definition) is 1. The minimum Gasteiger partial charge on any atom is -0.354 e. The summed E-state index contributed by atoms with van der Waals surface area (Å²) in [6, 6.07) is 23.0. The van der Waals surface area contributed by atoms with Gasteiger partial charge in [0.25, 0.3) is 10.0 Å². The van der Waals surface area contributed by atoms with Crippen LogP contribution in [0.4, 0.5) is 5.69 Å². The molecule has 0 saturated heterocycles. The van der Waals surface area contributed by atoms with Crippen molar-refractivity contribution in [3.05, 3.63) is 95.5 Å². The average molecular weight is 542 g/mol. The molecule has 3 rings (SSSR count). The first-order chi connectivity index (χ1) is 17.7. The number of carbonyl (C=O) groups is 2. The van der Waals surface area contributed by atoms with Crippen LogP contribution in [0.15, 0.2) is 89.8 Å². The molecule has 3 aromatic carbocycles. The summed E-state index contributed by atoms with van der Waals surface area (Å²) in [5.41, 5.74) is 1.31. The van der Waals surface area contributed by atoms with E-state index >= 15 is 0 Å². The van der Waals surface area contributed by atoms with E-state index in [9.17, 15) is 18.0 Å². The fourth-order valence-electron chi connectivity index (χ4n) is 3.82. The van der Waals surface area contributed by atoms with Crippen LogP contribution in [-0.4, -0.2) is 50.8 Å². The summed E-state index contributed by atoms with van der Waals surface area (Å²) in [5.74, 6) is -0.767. The first kappa shape index (κ1) is 28.2. The van der Waals surface area contributed by atoms with Crippen LogP contribution in [-0.2, 0) is 26.0 Å². The smallest absolute Gasteiger partial charge is 0.264 e. The molecule has 0 radical (unpaired) electrons. The van der Waals surface area contributed by atoms with E-state index < -0.39 is 28.5 Å². The molecule has 0 unspecified atom stereocenters. The number of halogens is 1. The van der Waals surface area contributed by atoms with Gasteiger partial charge in [-0.2, -0.15) is 0 Å². The Bertz CT molecular complexity index is 1270. The Labute approximate surface area is 224 Å². The minimum atomic E-state index is -4.08. The molecule has 7 nitrogen and oxygen atoms in total. The summed E-state index contributed by atoms with van der Waals surface area (Å²) in [6.45, 7) is 3.87. The molecule has 9 heteroatoms. The van der Waals surface area contributed by atoms with Gasteiger partial charge < -0.3 is 10.2 Å². The quantitative estimate of drug-likeness (QED) is 0.365. The first-order valence-corrected chi connectivity index (χ1v) is 14.0. The highest BCUT2D eigenvalue weighted by Crippen LogP contribution is 2.25. The second-order valence-electron chi connectivity index (χ2n) is 8.59. The standard InChI is InChI=1S/C28H32ClN3O4S/c1-3-19-30-28(34)22(2)31(20-18-23-10-6-4-7-11-23)27(33)21-32(25-16-14-24(29)15-17-25)37(35,36)26-12-8-5-9-13-26/h4-17,22H,3,18-21H2,1-2H3,(H,30,34)/t22-/m1/s1. The van der Waals surface area contributed by atoms with Crippen molar-refractivity contribution in [1.29, 1.82) is 0 Å². The largest absolute Gasteiger partial charge is 0.354 e. The van der Waals surface area contributed by atoms with Crippen molar-refractivity contribution in [2.45, 2.75) is 37.6 Å². The molecule has 0 bridgehead atoms. The van der Waals surface area contributed by atoms with Crippen LogP contribution >= 0.6 is 11.6 Å². The Hall–Kier alpha value is -3.36. The number of amides is 2. The number of nitrogens with zero attached hydrogens (tertiary/aromatic N) is 2. The third-order valence-corrected chi connectivity index (χ3v) is 7.97. The molecule has 3 aromatic rings. The summed E-state index contributed by atoms with van der Waals surface area (Å²) < 4.78 is 28.3. The maximum absolute atomic E-state index is 13.7. The maximum Gasteiger partial charge on any atom is 0.264 e. The summed E-state index contributed by atoms with van der Waals surface area (Å²) >= 11 is 6.03. The normalized spacial score (nSPS) is 12.0. The van der Waals surface area contributed by atoms with Gasteiger partial charge in [-0.15, -0.1) is 0 Å². The fourth-order valence-corrected chi connectivity index (χ4v) is 5.38. The van der Waals surface area contributed by atoms with Crippen molar-refractivity contribution in [2.75, 3.05) is 23.9 Å². The Balaban J connectivity index is 1.94. The second kappa shape index (κ2) is 13.3. The highest BCUT2D eigenvalue weighted by Gasteiger charge is 2.32. The molecule has 0 aliphatic heterocycles. The predicted octanol–water partition coefficient (Wildman–Crippen LogP) is 4.52. The Kier molecular flexibility index (Phi) is 10.1. The Morgan fingerprint density at radius 3 is 2.11 bits per heavy atom. The van der Waals surface area contributed by atoms with Gasteiger partial charge in [-0.1, -0.05) is 67.1 Å². The van der Waals surface area contributed by atoms with E-state index in [0.29, 0.717) is 23.7 Å². The van der Waals surface area contributed by atoms with Crippen LogP contribution in [0, 0.1) is 0 Å². The molecule has 0 aromatic heterocycles. The highest BCUT2D eigenvalue weighted by atomic mass is 35.5. The molecule has 0 heterocycles. The third-order valence-electron chi connectivity index (χ3n) is 5.93. The molecular formula is C28H32ClN3O4S. The molecule has 2 amide bonds. The van der Waals surface area contributed by atoms with Crippen LogP contribution < -0.4 is 9.62 Å². The number of rotatable bonds is 12. The number of hydrogen-bond acceptors (Lipinski definition) is 4. The summed E-state index contributed by atoms with van der Waals surface area (Å²) in [6.07, 6.45) is 1.28. The van der Waals surface area contributed by atoms with Gasteiger partial charge in [-0.05, 0) is 61.7 Å². The van der Waals surface area contributed by atoms with Crippen molar-refractivity contribution < 1.29 is 18.0 Å². The van der Waals surface area contributed by atoms with Crippen molar-refractivity contribution in [3.8, 4) is 0 Å². The second-order valence-corrected chi connectivity index (χ2v) is 10.9. The Morgan fingerprint density at radius 2 is 1.51 bits per heavy atom. The predicted molar refractivity (Wildman–Crippen MR) is 147 cm³/mol. The molecule has 1 atom stereocenters. The molecule has 0 spiro atoms. The van der Waals surface area contributed by atoms with E-state index in [-0.39, 0.29) is 17.3 Å². The lowest BCUT2D eigenvalue weighted by molar-refractivity contribution is -0.138. The molecule has 196 valence electrons. The third kappa shape index (κ3) is 7.57. The van der Waals surface area contributed by atoms with E-state index in [0.717, 1.165) is 16.3 Å². The van der Waals surface area contributed by atoms with Gasteiger partial charge in [-0.3, -0.25) is 13.9 Å². The minimum absolute atomic E-state index is 0.0577. The van der Waals surface area contributed by atoms with E-state index in [4.69, 9.17) is 11.6 Å². The van der Waals surface area contributed by atoms with Gasteiger partial charge in [0.1, 0.15) is 12.6 Å². The monoisotopic (exact) mass is 541 g/mol. The van der Waals surface area contributed by atoms with Crippen molar-refractivity contribution in [1.82, 2.24) is 10.2 Å². The lowest BCUT2D eigenvalue weighted by Gasteiger charge is -2.32. The SMILES string of the molecule is CCCNC(=O)[C@@H](C)N(CCc1ccccc1)C(=O)CN(c1ccc(Cl)cc1)S(=O)(=O)c1ccccc1. The van der Waals surface area contributed by atoms with Crippen LogP contribution in [0.5, 0.6) is 0 Å². The summed E-state index contributed by atoms with van der Waals surface area (Å²) in [5, 5.41) is 3.28. The van der Waals surface area contributed by atoms with Crippen molar-refractivity contribution >= 4 is 39.1 Å². The van der Waals surface area contributed by atoms with Crippen LogP contribution in [0.25, 0.3) is 0 Å². The zero-order valence-corrected chi connectivity index (χ0v) is 22.6. The average Bonchev–Trinajstić information content (AvgIpc) is 2.92. The Morgan fingerprint density at radius 1 is 0.919 bits per heavy atom. The number of nitrogens with one attached hydrogen (secondary N) is 1. The number of sulfonamides is 1. The molecule has 1 N–H and O–H groups in total. The highest BCUT2D eigenvalue weighted by molar-refractivity contribution is 7.92. The lowest BCUT2D eigenvalue weighted by atomic mass is 10.1. The van der Waals surface area contributed by atoms with Crippen LogP contribution in [0.3, 0.4) is 0 Å². The zero-order chi connectivity index (χ0) is 26.8. The van der Waals surface area contributed by atoms with Crippen LogP contribution in [0.2, 0.25) is 5.02 Å². The molecule has 0 aliphatic rings. The summed E-state index contributed by atoms with van der Waals surface area (Å²) in [7, 11) is -4.08. The molecule has 0 saturated carbocycles. The molecule has 0 aliphatic carbocycles. The van der Waals surface area contributed by atoms with E-state index in [1.54, 1.807) is 49.4 Å². The fraction of sp³-hybridized carbons (Fsp3) is 0.286. The zero-order valence-electron chi connectivity index (χ0n) is 21.0. The number of carbonyl (C=O) groups excluding carboxylic acids is 2. The number of anilines is 1. The lowest BCUT2D eigenvalue weighted by Crippen LogP contribution is -2.52. The van der Waals surface area contributed by atoms with Gasteiger partial charge >= 0.3 is 0 Å². The van der Waals surface area contributed by atoms with Gasteiger partial charge in [0, 0.05) is 18.1 Å². The van der Waals surface area contributed by atoms with Gasteiger partial charge in [0.05, 0.1) is 10.6 Å². The summed E-state index contributed by atoms with van der Waals surface area (Å²) in [4.78, 5) is 28.0. The topological polar surface area (TPSA) is 86.8 Å². The molecular weight excluding hydrogens is 510 g/mol. The van der Waals surface area contributed by atoms with Gasteiger partial charge in [0.15, 0.2) is 0 Å². The van der Waals surface area contributed by atoms with Gasteiger partial charge in [-0.25, -0.2) is 8.42 Å². The van der Waals surface area contributed by atoms with Crippen molar-refractivity contribution in [2.24, 2.45) is 0 Å². The molecule has 0 fully saturated rings.